The van der Waals surface area contributed by atoms with Gasteiger partial charge in [0, 0.05) is 0 Å². The monoisotopic (exact) mass is 259 g/mol. The first kappa shape index (κ1) is 13.1. The summed E-state index contributed by atoms with van der Waals surface area (Å²) in [5.41, 5.74) is 8.29. The van der Waals surface area contributed by atoms with Crippen molar-refractivity contribution in [2.45, 2.75) is 20.3 Å². The van der Waals surface area contributed by atoms with E-state index in [1.807, 2.05) is 24.3 Å². The average Bonchev–Trinajstić information content (AvgIpc) is 2.81. The number of aryl methyl sites for hydroxylation is 1. The lowest BCUT2D eigenvalue weighted by atomic mass is 10.1. The second-order valence-corrected chi connectivity index (χ2v) is 4.10. The lowest BCUT2D eigenvalue weighted by Crippen LogP contribution is -2.08. The van der Waals surface area contributed by atoms with E-state index in [1.54, 1.807) is 6.92 Å². The van der Waals surface area contributed by atoms with Gasteiger partial charge in [0.15, 0.2) is 0 Å². The molecule has 0 radical (unpaired) electrons. The maximum Gasteiger partial charge on any atom is 0.343 e. The van der Waals surface area contributed by atoms with E-state index in [-0.39, 0.29) is 0 Å². The van der Waals surface area contributed by atoms with Crippen LogP contribution in [0.4, 0.5) is 5.82 Å². The Kier molecular flexibility index (Phi) is 3.85. The van der Waals surface area contributed by atoms with Crippen LogP contribution in [0, 0.1) is 0 Å². The fourth-order valence-corrected chi connectivity index (χ4v) is 1.80. The van der Waals surface area contributed by atoms with Crippen molar-refractivity contribution in [2.24, 2.45) is 0 Å². The van der Waals surface area contributed by atoms with Crippen LogP contribution >= 0.6 is 0 Å². The zero-order valence-electron chi connectivity index (χ0n) is 11.1. The molecule has 2 aromatic rings. The van der Waals surface area contributed by atoms with Crippen LogP contribution in [0.25, 0.3) is 5.69 Å². The summed E-state index contributed by atoms with van der Waals surface area (Å²) in [6.07, 6.45) is 2.41. The predicted molar refractivity (Wildman–Crippen MR) is 73.3 cm³/mol. The molecule has 0 bridgehead atoms. The number of benzene rings is 1. The first-order valence-corrected chi connectivity index (χ1v) is 6.27. The van der Waals surface area contributed by atoms with Gasteiger partial charge in [0.05, 0.1) is 18.5 Å². The van der Waals surface area contributed by atoms with Gasteiger partial charge < -0.3 is 10.5 Å². The zero-order valence-corrected chi connectivity index (χ0v) is 11.1. The third kappa shape index (κ3) is 2.59. The molecular weight excluding hydrogens is 242 g/mol. The topological polar surface area (TPSA) is 70.1 Å². The third-order valence-corrected chi connectivity index (χ3v) is 2.89. The van der Waals surface area contributed by atoms with Gasteiger partial charge in [-0.2, -0.15) is 5.10 Å². The van der Waals surface area contributed by atoms with Gasteiger partial charge in [-0.3, -0.25) is 0 Å². The number of aromatic nitrogens is 2. The normalized spacial score (nSPS) is 10.4. The molecule has 2 N–H and O–H groups in total. The Morgan fingerprint density at radius 2 is 2.00 bits per heavy atom. The number of carbonyl (C=O) groups is 1. The molecule has 2 rings (SSSR count). The molecule has 100 valence electrons. The molecule has 0 amide bonds. The highest BCUT2D eigenvalue weighted by molar-refractivity contribution is 5.94. The molecule has 5 nitrogen and oxygen atoms in total. The molecule has 1 aromatic heterocycles. The van der Waals surface area contributed by atoms with Crippen molar-refractivity contribution in [1.29, 1.82) is 0 Å². The summed E-state index contributed by atoms with van der Waals surface area (Å²) in [4.78, 5) is 11.7. The van der Waals surface area contributed by atoms with Gasteiger partial charge >= 0.3 is 5.97 Å². The van der Waals surface area contributed by atoms with Crippen LogP contribution in [0.15, 0.2) is 30.5 Å². The second-order valence-electron chi connectivity index (χ2n) is 4.10. The van der Waals surface area contributed by atoms with Gasteiger partial charge in [-0.05, 0) is 31.0 Å². The van der Waals surface area contributed by atoms with Crippen molar-refractivity contribution in [3.8, 4) is 5.69 Å². The van der Waals surface area contributed by atoms with E-state index in [2.05, 4.69) is 12.0 Å². The highest BCUT2D eigenvalue weighted by atomic mass is 16.5. The summed E-state index contributed by atoms with van der Waals surface area (Å²) in [5, 5.41) is 4.14. The number of rotatable bonds is 4. The fourth-order valence-electron chi connectivity index (χ4n) is 1.80. The fraction of sp³-hybridized carbons (Fsp3) is 0.286. The Balaban J connectivity index is 2.32. The molecule has 0 aliphatic rings. The van der Waals surface area contributed by atoms with E-state index < -0.39 is 5.97 Å². The molecule has 5 heteroatoms. The van der Waals surface area contributed by atoms with E-state index >= 15 is 0 Å². The van der Waals surface area contributed by atoms with Gasteiger partial charge in [0.1, 0.15) is 11.4 Å². The van der Waals surface area contributed by atoms with Gasteiger partial charge in [-0.1, -0.05) is 19.1 Å². The highest BCUT2D eigenvalue weighted by Gasteiger charge is 2.16. The number of hydrogen-bond acceptors (Lipinski definition) is 4. The van der Waals surface area contributed by atoms with Crippen molar-refractivity contribution >= 4 is 11.8 Å². The van der Waals surface area contributed by atoms with Crippen LogP contribution < -0.4 is 5.73 Å². The summed E-state index contributed by atoms with van der Waals surface area (Å²) >= 11 is 0. The summed E-state index contributed by atoms with van der Waals surface area (Å²) in [6.45, 7) is 4.16. The first-order chi connectivity index (χ1) is 9.17. The molecule has 0 fully saturated rings. The molecule has 0 spiro atoms. The average molecular weight is 259 g/mol. The SMILES string of the molecule is CCOC(=O)c1cnn(-c2ccc(CC)cc2)c1N. The molecule has 19 heavy (non-hydrogen) atoms. The second kappa shape index (κ2) is 5.56. The Hall–Kier alpha value is -2.30. The Morgan fingerprint density at radius 1 is 1.32 bits per heavy atom. The minimum Gasteiger partial charge on any atom is -0.462 e. The zero-order chi connectivity index (χ0) is 13.8. The quantitative estimate of drug-likeness (QED) is 0.854. The molecule has 1 heterocycles. The van der Waals surface area contributed by atoms with Crippen LogP contribution in [0.5, 0.6) is 0 Å². The van der Waals surface area contributed by atoms with Crippen molar-refractivity contribution < 1.29 is 9.53 Å². The van der Waals surface area contributed by atoms with Crippen LogP contribution in [0.1, 0.15) is 29.8 Å². The Morgan fingerprint density at radius 3 is 2.58 bits per heavy atom. The lowest BCUT2D eigenvalue weighted by molar-refractivity contribution is 0.0527. The van der Waals surface area contributed by atoms with Gasteiger partial charge in [0.2, 0.25) is 0 Å². The van der Waals surface area contributed by atoms with Gasteiger partial charge in [-0.25, -0.2) is 9.48 Å². The minimum absolute atomic E-state index is 0.293. The molecule has 0 unspecified atom stereocenters. The number of nitrogen functional groups attached to an aromatic ring is 1. The van der Waals surface area contributed by atoms with Gasteiger partial charge in [-0.15, -0.1) is 0 Å². The van der Waals surface area contributed by atoms with E-state index in [4.69, 9.17) is 10.5 Å². The van der Waals surface area contributed by atoms with Crippen LogP contribution in [0.3, 0.4) is 0 Å². The number of esters is 1. The smallest absolute Gasteiger partial charge is 0.343 e. The van der Waals surface area contributed by atoms with E-state index in [1.165, 1.54) is 16.4 Å². The molecule has 0 saturated heterocycles. The maximum atomic E-state index is 11.7. The van der Waals surface area contributed by atoms with Crippen molar-refractivity contribution in [3.63, 3.8) is 0 Å². The molecule has 0 aliphatic carbocycles. The standard InChI is InChI=1S/C14H17N3O2/c1-3-10-5-7-11(8-6-10)17-13(15)12(9-16-17)14(18)19-4-2/h5-9H,3-4,15H2,1-2H3. The third-order valence-electron chi connectivity index (χ3n) is 2.89. The summed E-state index contributed by atoms with van der Waals surface area (Å²) < 4.78 is 6.46. The summed E-state index contributed by atoms with van der Waals surface area (Å²) in [6, 6.07) is 7.88. The van der Waals surface area contributed by atoms with Crippen LogP contribution in [-0.4, -0.2) is 22.4 Å². The number of nitrogens with two attached hydrogens (primary N) is 1. The summed E-state index contributed by atoms with van der Waals surface area (Å²) in [5.74, 6) is -0.154. The molecule has 0 atom stereocenters. The molecular formula is C14H17N3O2. The maximum absolute atomic E-state index is 11.7. The lowest BCUT2D eigenvalue weighted by Gasteiger charge is -2.06. The largest absolute Gasteiger partial charge is 0.462 e. The Labute approximate surface area is 112 Å². The number of hydrogen-bond donors (Lipinski definition) is 1. The number of nitrogens with zero attached hydrogens (tertiary/aromatic N) is 2. The number of carbonyl (C=O) groups excluding carboxylic acids is 1. The van der Waals surface area contributed by atoms with Gasteiger partial charge in [0.25, 0.3) is 0 Å². The highest BCUT2D eigenvalue weighted by Crippen LogP contribution is 2.18. The number of anilines is 1. The van der Waals surface area contributed by atoms with Crippen molar-refractivity contribution in [1.82, 2.24) is 9.78 Å². The van der Waals surface area contributed by atoms with E-state index in [9.17, 15) is 4.79 Å². The van der Waals surface area contributed by atoms with Crippen molar-refractivity contribution in [2.75, 3.05) is 12.3 Å². The molecule has 0 aliphatic heterocycles. The molecule has 0 saturated carbocycles. The van der Waals surface area contributed by atoms with Crippen molar-refractivity contribution in [3.05, 3.63) is 41.6 Å². The number of ether oxygens (including phenoxy) is 1. The first-order valence-electron chi connectivity index (χ1n) is 6.27. The Bertz CT molecular complexity index is 573. The molecule has 1 aromatic carbocycles. The van der Waals surface area contributed by atoms with E-state index in [0.29, 0.717) is 18.0 Å². The van der Waals surface area contributed by atoms with E-state index in [0.717, 1.165) is 12.1 Å². The van der Waals surface area contributed by atoms with Crippen LogP contribution in [0.2, 0.25) is 0 Å². The predicted octanol–water partition coefficient (Wildman–Crippen LogP) is 2.19. The minimum atomic E-state index is -0.448. The van der Waals surface area contributed by atoms with Crippen LogP contribution in [-0.2, 0) is 11.2 Å². The summed E-state index contributed by atoms with van der Waals surface area (Å²) in [7, 11) is 0.